The predicted molar refractivity (Wildman–Crippen MR) is 61.3 cm³/mol. The molecule has 1 aromatic rings. The molecular formula is C10H12N4OS. The number of rotatable bonds is 1. The van der Waals surface area contributed by atoms with E-state index in [2.05, 4.69) is 16.0 Å². The largest absolute Gasteiger partial charge is 0.351 e. The molecule has 2 heterocycles. The SMILES string of the molecule is CC(=O)N1CCN(c2ncsc2C#N)CC1. The van der Waals surface area contributed by atoms with Crippen LogP contribution in [0.25, 0.3) is 0 Å². The van der Waals surface area contributed by atoms with Gasteiger partial charge in [-0.3, -0.25) is 4.79 Å². The molecule has 2 rings (SSSR count). The van der Waals surface area contributed by atoms with Crippen LogP contribution in [0.1, 0.15) is 11.8 Å². The Morgan fingerprint density at radius 1 is 1.50 bits per heavy atom. The summed E-state index contributed by atoms with van der Waals surface area (Å²) in [6.07, 6.45) is 0. The number of anilines is 1. The molecule has 16 heavy (non-hydrogen) atoms. The third-order valence-electron chi connectivity index (χ3n) is 2.67. The maximum Gasteiger partial charge on any atom is 0.219 e. The van der Waals surface area contributed by atoms with Crippen LogP contribution in [0.4, 0.5) is 5.82 Å². The number of piperazine rings is 1. The van der Waals surface area contributed by atoms with E-state index in [4.69, 9.17) is 5.26 Å². The van der Waals surface area contributed by atoms with Crippen LogP contribution in [-0.2, 0) is 4.79 Å². The molecule has 0 saturated carbocycles. The topological polar surface area (TPSA) is 60.2 Å². The predicted octanol–water partition coefficient (Wildman–Crippen LogP) is 0.683. The van der Waals surface area contributed by atoms with E-state index in [1.807, 2.05) is 4.90 Å². The molecular weight excluding hydrogens is 224 g/mol. The van der Waals surface area contributed by atoms with Crippen molar-refractivity contribution in [2.24, 2.45) is 0 Å². The summed E-state index contributed by atoms with van der Waals surface area (Å²) in [5.74, 6) is 0.870. The van der Waals surface area contributed by atoms with Crippen LogP contribution in [-0.4, -0.2) is 42.0 Å². The Morgan fingerprint density at radius 2 is 2.19 bits per heavy atom. The molecule has 0 spiro atoms. The first-order chi connectivity index (χ1) is 7.72. The lowest BCUT2D eigenvalue weighted by Gasteiger charge is -2.34. The van der Waals surface area contributed by atoms with Crippen molar-refractivity contribution in [2.45, 2.75) is 6.92 Å². The lowest BCUT2D eigenvalue weighted by molar-refractivity contribution is -0.129. The average molecular weight is 236 g/mol. The van der Waals surface area contributed by atoms with E-state index < -0.39 is 0 Å². The molecule has 1 aliphatic rings. The lowest BCUT2D eigenvalue weighted by atomic mass is 10.3. The molecule has 5 nitrogen and oxygen atoms in total. The summed E-state index contributed by atoms with van der Waals surface area (Å²) in [6, 6.07) is 2.14. The van der Waals surface area contributed by atoms with Crippen LogP contribution < -0.4 is 4.90 Å². The fourth-order valence-corrected chi connectivity index (χ4v) is 2.37. The van der Waals surface area contributed by atoms with Crippen molar-refractivity contribution >= 4 is 23.1 Å². The van der Waals surface area contributed by atoms with Crippen LogP contribution >= 0.6 is 11.3 Å². The number of carbonyl (C=O) groups excluding carboxylic acids is 1. The Morgan fingerprint density at radius 3 is 2.75 bits per heavy atom. The molecule has 1 amide bonds. The number of hydrogen-bond acceptors (Lipinski definition) is 5. The van der Waals surface area contributed by atoms with Crippen molar-refractivity contribution in [1.82, 2.24) is 9.88 Å². The second kappa shape index (κ2) is 4.49. The van der Waals surface area contributed by atoms with Crippen molar-refractivity contribution in [2.75, 3.05) is 31.1 Å². The van der Waals surface area contributed by atoms with Gasteiger partial charge in [0.05, 0.1) is 5.51 Å². The van der Waals surface area contributed by atoms with Gasteiger partial charge in [0.15, 0.2) is 5.82 Å². The van der Waals surface area contributed by atoms with E-state index in [0.717, 1.165) is 18.9 Å². The Labute approximate surface area is 97.9 Å². The lowest BCUT2D eigenvalue weighted by Crippen LogP contribution is -2.48. The smallest absolute Gasteiger partial charge is 0.219 e. The van der Waals surface area contributed by atoms with Crippen molar-refractivity contribution in [3.63, 3.8) is 0 Å². The zero-order valence-corrected chi connectivity index (χ0v) is 9.83. The maximum atomic E-state index is 11.2. The minimum absolute atomic E-state index is 0.110. The molecule has 0 N–H and O–H groups in total. The molecule has 1 fully saturated rings. The summed E-state index contributed by atoms with van der Waals surface area (Å²) in [5, 5.41) is 8.91. The first kappa shape index (κ1) is 10.9. The van der Waals surface area contributed by atoms with Crippen LogP contribution in [0.5, 0.6) is 0 Å². The first-order valence-electron chi connectivity index (χ1n) is 5.06. The second-order valence-electron chi connectivity index (χ2n) is 3.61. The van der Waals surface area contributed by atoms with Gasteiger partial charge in [0.25, 0.3) is 0 Å². The van der Waals surface area contributed by atoms with E-state index >= 15 is 0 Å². The normalized spacial score (nSPS) is 16.0. The van der Waals surface area contributed by atoms with Gasteiger partial charge >= 0.3 is 0 Å². The van der Waals surface area contributed by atoms with Crippen molar-refractivity contribution in [1.29, 1.82) is 5.26 Å². The quantitative estimate of drug-likeness (QED) is 0.719. The van der Waals surface area contributed by atoms with Gasteiger partial charge in [-0.15, -0.1) is 11.3 Å². The van der Waals surface area contributed by atoms with Crippen LogP contribution in [0, 0.1) is 11.3 Å². The average Bonchev–Trinajstić information content (AvgIpc) is 2.77. The molecule has 0 aromatic carbocycles. The summed E-state index contributed by atoms with van der Waals surface area (Å²) in [6.45, 7) is 4.49. The number of hydrogen-bond donors (Lipinski definition) is 0. The Bertz CT molecular complexity index is 428. The maximum absolute atomic E-state index is 11.2. The summed E-state index contributed by atoms with van der Waals surface area (Å²) in [4.78, 5) is 19.9. The van der Waals surface area contributed by atoms with Crippen molar-refractivity contribution in [3.05, 3.63) is 10.4 Å². The van der Waals surface area contributed by atoms with Crippen molar-refractivity contribution in [3.8, 4) is 6.07 Å². The first-order valence-corrected chi connectivity index (χ1v) is 5.94. The van der Waals surface area contributed by atoms with Gasteiger partial charge in [-0.25, -0.2) is 4.98 Å². The van der Waals surface area contributed by atoms with Gasteiger partial charge in [-0.2, -0.15) is 5.26 Å². The van der Waals surface area contributed by atoms with Gasteiger partial charge in [0.1, 0.15) is 10.9 Å². The van der Waals surface area contributed by atoms with Gasteiger partial charge in [0.2, 0.25) is 5.91 Å². The molecule has 84 valence electrons. The molecule has 0 atom stereocenters. The monoisotopic (exact) mass is 236 g/mol. The van der Waals surface area contributed by atoms with Crippen molar-refractivity contribution < 1.29 is 4.79 Å². The van der Waals surface area contributed by atoms with Crippen LogP contribution in [0.3, 0.4) is 0 Å². The number of nitriles is 1. The zero-order chi connectivity index (χ0) is 11.5. The molecule has 0 bridgehead atoms. The number of nitrogens with zero attached hydrogens (tertiary/aromatic N) is 4. The number of amides is 1. The number of carbonyl (C=O) groups is 1. The summed E-state index contributed by atoms with van der Waals surface area (Å²) in [7, 11) is 0. The van der Waals surface area contributed by atoms with E-state index in [-0.39, 0.29) is 5.91 Å². The minimum atomic E-state index is 0.110. The van der Waals surface area contributed by atoms with Gasteiger partial charge in [-0.1, -0.05) is 0 Å². The van der Waals surface area contributed by atoms with Gasteiger partial charge < -0.3 is 9.80 Å². The molecule has 1 saturated heterocycles. The zero-order valence-electron chi connectivity index (χ0n) is 9.01. The van der Waals surface area contributed by atoms with Gasteiger partial charge in [0, 0.05) is 33.1 Å². The third kappa shape index (κ3) is 1.99. The van der Waals surface area contributed by atoms with Gasteiger partial charge in [-0.05, 0) is 0 Å². The fraction of sp³-hybridized carbons (Fsp3) is 0.500. The summed E-state index contributed by atoms with van der Waals surface area (Å²) in [5.41, 5.74) is 1.69. The van der Waals surface area contributed by atoms with Crippen LogP contribution in [0.2, 0.25) is 0 Å². The number of aromatic nitrogens is 1. The number of thiazole rings is 1. The van der Waals surface area contributed by atoms with E-state index in [0.29, 0.717) is 18.0 Å². The Hall–Kier alpha value is -1.61. The summed E-state index contributed by atoms with van der Waals surface area (Å²) >= 11 is 1.36. The highest BCUT2D eigenvalue weighted by Crippen LogP contribution is 2.22. The Kier molecular flexibility index (Phi) is 3.06. The highest BCUT2D eigenvalue weighted by molar-refractivity contribution is 7.10. The van der Waals surface area contributed by atoms with Crippen LogP contribution in [0.15, 0.2) is 5.51 Å². The van der Waals surface area contributed by atoms with E-state index in [1.165, 1.54) is 11.3 Å². The second-order valence-corrected chi connectivity index (χ2v) is 4.46. The third-order valence-corrected chi connectivity index (χ3v) is 3.40. The minimum Gasteiger partial charge on any atom is -0.351 e. The standard InChI is InChI=1S/C10H12N4OS/c1-8(15)13-2-4-14(5-3-13)10-9(6-11)16-7-12-10/h7H,2-5H2,1H3. The fourth-order valence-electron chi connectivity index (χ4n) is 1.78. The molecule has 0 radical (unpaired) electrons. The highest BCUT2D eigenvalue weighted by Gasteiger charge is 2.21. The van der Waals surface area contributed by atoms with E-state index in [1.54, 1.807) is 12.4 Å². The Balaban J connectivity index is 2.05. The molecule has 1 aromatic heterocycles. The molecule has 1 aliphatic heterocycles. The summed E-state index contributed by atoms with van der Waals surface area (Å²) < 4.78 is 0. The molecule has 0 unspecified atom stereocenters. The molecule has 0 aliphatic carbocycles. The van der Waals surface area contributed by atoms with E-state index in [9.17, 15) is 4.79 Å². The molecule has 6 heteroatoms. The highest BCUT2D eigenvalue weighted by atomic mass is 32.1.